The van der Waals surface area contributed by atoms with E-state index in [0.717, 1.165) is 6.42 Å². The summed E-state index contributed by atoms with van der Waals surface area (Å²) in [7, 11) is 0. The maximum Gasteiger partial charge on any atom is 0.264 e. The number of amides is 2. The van der Waals surface area contributed by atoms with Crippen molar-refractivity contribution in [3.8, 4) is 5.75 Å². The van der Waals surface area contributed by atoms with Crippen LogP contribution in [0, 0.1) is 0 Å². The number of likely N-dealkylation sites (tertiary alicyclic amines) is 1. The van der Waals surface area contributed by atoms with Gasteiger partial charge >= 0.3 is 0 Å². The summed E-state index contributed by atoms with van der Waals surface area (Å²) in [6.07, 6.45) is 3.02. The van der Waals surface area contributed by atoms with Crippen molar-refractivity contribution in [1.82, 2.24) is 15.2 Å². The predicted molar refractivity (Wildman–Crippen MR) is 86.1 cm³/mol. The van der Waals surface area contributed by atoms with Crippen LogP contribution in [0.15, 0.2) is 35.8 Å². The second kappa shape index (κ2) is 6.78. The van der Waals surface area contributed by atoms with Crippen LogP contribution in [0.3, 0.4) is 0 Å². The number of carbonyl (C=O) groups excluding carboxylic acids is 2. The molecule has 1 aliphatic heterocycles. The molecule has 1 saturated heterocycles. The first kappa shape index (κ1) is 15.5. The molecule has 2 N–H and O–H groups in total. The van der Waals surface area contributed by atoms with E-state index >= 15 is 0 Å². The van der Waals surface area contributed by atoms with Crippen LogP contribution in [0.1, 0.15) is 28.2 Å². The quantitative estimate of drug-likeness (QED) is 0.894. The smallest absolute Gasteiger partial charge is 0.264 e. The lowest BCUT2D eigenvalue weighted by Gasteiger charge is -2.23. The van der Waals surface area contributed by atoms with Gasteiger partial charge in [-0.2, -0.15) is 0 Å². The Bertz CT molecular complexity index is 702. The summed E-state index contributed by atoms with van der Waals surface area (Å²) in [5, 5.41) is 14.3. The molecule has 0 saturated carbocycles. The van der Waals surface area contributed by atoms with E-state index in [1.165, 1.54) is 17.4 Å². The monoisotopic (exact) mass is 331 g/mol. The molecule has 3 heterocycles. The van der Waals surface area contributed by atoms with Crippen molar-refractivity contribution in [2.45, 2.75) is 25.4 Å². The Hall–Kier alpha value is -2.41. The van der Waals surface area contributed by atoms with Crippen molar-refractivity contribution < 1.29 is 14.7 Å². The zero-order chi connectivity index (χ0) is 16.2. The van der Waals surface area contributed by atoms with Crippen molar-refractivity contribution in [3.63, 3.8) is 0 Å². The number of rotatable bonds is 4. The predicted octanol–water partition coefficient (Wildman–Crippen LogP) is 1.77. The van der Waals surface area contributed by atoms with Crippen molar-refractivity contribution in [3.05, 3.63) is 46.4 Å². The van der Waals surface area contributed by atoms with Crippen molar-refractivity contribution in [2.75, 3.05) is 6.54 Å². The number of hydrogen-bond donors (Lipinski definition) is 2. The van der Waals surface area contributed by atoms with Gasteiger partial charge in [-0.25, -0.2) is 0 Å². The molecular weight excluding hydrogens is 314 g/mol. The zero-order valence-corrected chi connectivity index (χ0v) is 13.3. The Labute approximate surface area is 137 Å². The minimum Gasteiger partial charge on any atom is -0.506 e. The Kier molecular flexibility index (Phi) is 4.57. The average Bonchev–Trinajstić information content (AvgIpc) is 3.24. The fourth-order valence-electron chi connectivity index (χ4n) is 2.68. The van der Waals surface area contributed by atoms with Gasteiger partial charge in [0.25, 0.3) is 5.91 Å². The first-order valence-corrected chi connectivity index (χ1v) is 8.30. The molecular formula is C16H17N3O3S. The number of aromatic hydroxyl groups is 1. The lowest BCUT2D eigenvalue weighted by Crippen LogP contribution is -2.45. The standard InChI is InChI=1S/C16H17N3O3S/c20-13-5-1-7-17-11(13)10-18-15(21)12-4-2-8-19(12)16(22)14-6-3-9-23-14/h1,3,5-7,9,12,20H,2,4,8,10H2,(H,18,21)/t12-/m0/s1. The van der Waals surface area contributed by atoms with E-state index in [4.69, 9.17) is 0 Å². The number of pyridine rings is 1. The lowest BCUT2D eigenvalue weighted by molar-refractivity contribution is -0.125. The Morgan fingerprint density at radius 3 is 3.00 bits per heavy atom. The van der Waals surface area contributed by atoms with Gasteiger partial charge in [0.1, 0.15) is 17.5 Å². The Morgan fingerprint density at radius 2 is 2.26 bits per heavy atom. The van der Waals surface area contributed by atoms with Gasteiger partial charge in [-0.1, -0.05) is 6.07 Å². The van der Waals surface area contributed by atoms with Crippen molar-refractivity contribution in [2.24, 2.45) is 0 Å². The molecule has 1 atom stereocenters. The third-order valence-corrected chi connectivity index (χ3v) is 4.70. The molecule has 120 valence electrons. The highest BCUT2D eigenvalue weighted by molar-refractivity contribution is 7.12. The molecule has 1 aliphatic rings. The second-order valence-electron chi connectivity index (χ2n) is 5.32. The molecule has 0 unspecified atom stereocenters. The normalized spacial score (nSPS) is 17.2. The number of hydrogen-bond acceptors (Lipinski definition) is 5. The van der Waals surface area contributed by atoms with E-state index in [-0.39, 0.29) is 24.1 Å². The second-order valence-corrected chi connectivity index (χ2v) is 6.27. The number of carbonyl (C=O) groups is 2. The molecule has 7 heteroatoms. The molecule has 6 nitrogen and oxygen atoms in total. The minimum atomic E-state index is -0.463. The number of thiophene rings is 1. The van der Waals surface area contributed by atoms with Crippen LogP contribution in [-0.2, 0) is 11.3 Å². The summed E-state index contributed by atoms with van der Waals surface area (Å²) in [6, 6.07) is 6.28. The highest BCUT2D eigenvalue weighted by atomic mass is 32.1. The summed E-state index contributed by atoms with van der Waals surface area (Å²) in [4.78, 5) is 31.2. The fourth-order valence-corrected chi connectivity index (χ4v) is 3.36. The molecule has 2 aromatic heterocycles. The molecule has 0 spiro atoms. The molecule has 0 radical (unpaired) electrons. The van der Waals surface area contributed by atoms with Crippen LogP contribution in [0.4, 0.5) is 0 Å². The van der Waals surface area contributed by atoms with E-state index in [0.29, 0.717) is 23.5 Å². The molecule has 0 bridgehead atoms. The van der Waals surface area contributed by atoms with E-state index in [9.17, 15) is 14.7 Å². The van der Waals surface area contributed by atoms with Gasteiger partial charge in [0.2, 0.25) is 5.91 Å². The van der Waals surface area contributed by atoms with Gasteiger partial charge < -0.3 is 15.3 Å². The SMILES string of the molecule is O=C(NCc1ncccc1O)[C@@H]1CCCN1C(=O)c1cccs1. The van der Waals surface area contributed by atoms with Gasteiger partial charge in [-0.05, 0) is 36.4 Å². The highest BCUT2D eigenvalue weighted by Gasteiger charge is 2.34. The summed E-state index contributed by atoms with van der Waals surface area (Å²) in [5.74, 6) is -0.262. The fraction of sp³-hybridized carbons (Fsp3) is 0.312. The highest BCUT2D eigenvalue weighted by Crippen LogP contribution is 2.22. The van der Waals surface area contributed by atoms with E-state index in [1.54, 1.807) is 23.2 Å². The van der Waals surface area contributed by atoms with Crippen molar-refractivity contribution in [1.29, 1.82) is 0 Å². The van der Waals surface area contributed by atoms with Gasteiger partial charge in [0, 0.05) is 12.7 Å². The molecule has 23 heavy (non-hydrogen) atoms. The minimum absolute atomic E-state index is 0.0470. The Morgan fingerprint density at radius 1 is 1.39 bits per heavy atom. The zero-order valence-electron chi connectivity index (χ0n) is 12.4. The third kappa shape index (κ3) is 3.34. The Balaban J connectivity index is 1.64. The van der Waals surface area contributed by atoms with Gasteiger partial charge in [-0.15, -0.1) is 11.3 Å². The van der Waals surface area contributed by atoms with Gasteiger partial charge in [0.15, 0.2) is 0 Å². The number of aromatic nitrogens is 1. The summed E-state index contributed by atoms with van der Waals surface area (Å²) < 4.78 is 0. The van der Waals surface area contributed by atoms with E-state index in [1.807, 2.05) is 11.4 Å². The van der Waals surface area contributed by atoms with E-state index < -0.39 is 6.04 Å². The number of nitrogens with one attached hydrogen (secondary N) is 1. The van der Waals surface area contributed by atoms with Crippen LogP contribution in [0.25, 0.3) is 0 Å². The molecule has 2 aromatic rings. The van der Waals surface area contributed by atoms with Crippen LogP contribution in [0.2, 0.25) is 0 Å². The maximum absolute atomic E-state index is 12.5. The largest absolute Gasteiger partial charge is 0.506 e. The molecule has 1 fully saturated rings. The van der Waals surface area contributed by atoms with Crippen molar-refractivity contribution >= 4 is 23.2 Å². The summed E-state index contributed by atoms with van der Waals surface area (Å²) >= 11 is 1.38. The lowest BCUT2D eigenvalue weighted by atomic mass is 10.2. The first-order valence-electron chi connectivity index (χ1n) is 7.42. The maximum atomic E-state index is 12.5. The van der Waals surface area contributed by atoms with Crippen LogP contribution < -0.4 is 5.32 Å². The molecule has 3 rings (SSSR count). The third-order valence-electron chi connectivity index (χ3n) is 3.84. The first-order chi connectivity index (χ1) is 11.2. The number of nitrogens with zero attached hydrogens (tertiary/aromatic N) is 2. The molecule has 0 aliphatic carbocycles. The van der Waals surface area contributed by atoms with Crippen LogP contribution in [-0.4, -0.2) is 39.4 Å². The van der Waals surface area contributed by atoms with E-state index in [2.05, 4.69) is 10.3 Å². The topological polar surface area (TPSA) is 82.5 Å². The molecule has 0 aromatic carbocycles. The van der Waals surface area contributed by atoms with Crippen LogP contribution in [0.5, 0.6) is 5.75 Å². The van der Waals surface area contributed by atoms with Gasteiger partial charge in [-0.3, -0.25) is 14.6 Å². The molecule has 2 amide bonds. The summed E-state index contributed by atoms with van der Waals surface area (Å²) in [5.41, 5.74) is 0.412. The summed E-state index contributed by atoms with van der Waals surface area (Å²) in [6.45, 7) is 0.729. The van der Waals surface area contributed by atoms with Crippen LogP contribution >= 0.6 is 11.3 Å². The average molecular weight is 331 g/mol. The van der Waals surface area contributed by atoms with Gasteiger partial charge in [0.05, 0.1) is 11.4 Å².